The molecule has 0 fully saturated rings. The zero-order valence-corrected chi connectivity index (χ0v) is 12.7. The molecule has 0 rings (SSSR count). The van der Waals surface area contributed by atoms with Crippen molar-refractivity contribution in [1.29, 1.82) is 0 Å². The molecule has 0 N–H and O–H groups in total. The summed E-state index contributed by atoms with van der Waals surface area (Å²) >= 11 is 4.14. The summed E-state index contributed by atoms with van der Waals surface area (Å²) in [6.45, 7) is 6.19. The number of unbranched alkanes of at least 4 members (excludes halogenated alkanes) is 5. The van der Waals surface area contributed by atoms with Crippen LogP contribution in [0.25, 0.3) is 0 Å². The number of carbonyl (C=O) groups excluding carboxylic acids is 1. The fraction of sp³-hybridized carbons (Fsp3) is 0.929. The predicted octanol–water partition coefficient (Wildman–Crippen LogP) is 3.62. The molecule has 1 unspecified atom stereocenters. The molecular weight excluding hydrogens is 248 g/mol. The van der Waals surface area contributed by atoms with Crippen LogP contribution in [-0.2, 0) is 14.3 Å². The molecule has 0 spiro atoms. The summed E-state index contributed by atoms with van der Waals surface area (Å²) in [5.41, 5.74) is 0. The highest BCUT2D eigenvalue weighted by atomic mass is 32.1. The molecule has 0 aliphatic rings. The van der Waals surface area contributed by atoms with Gasteiger partial charge in [-0.15, -0.1) is 0 Å². The van der Waals surface area contributed by atoms with Crippen LogP contribution in [0.4, 0.5) is 0 Å². The smallest absolute Gasteiger partial charge is 0.318 e. The molecule has 0 saturated carbocycles. The summed E-state index contributed by atoms with van der Waals surface area (Å²) in [4.78, 5) is 11.3. The Labute approximate surface area is 117 Å². The molecule has 4 heteroatoms. The van der Waals surface area contributed by atoms with Crippen LogP contribution in [0.3, 0.4) is 0 Å². The summed E-state index contributed by atoms with van der Waals surface area (Å²) in [5, 5.41) is -0.261. The number of carbonyl (C=O) groups is 1. The molecular formula is C14H28O3S. The Bertz CT molecular complexity index is 197. The number of ether oxygens (including phenoxy) is 2. The Balaban J connectivity index is 3.14. The van der Waals surface area contributed by atoms with Crippen molar-refractivity contribution in [2.24, 2.45) is 0 Å². The second kappa shape index (κ2) is 13.2. The molecule has 3 nitrogen and oxygen atoms in total. The van der Waals surface area contributed by atoms with Gasteiger partial charge in [0.2, 0.25) is 0 Å². The van der Waals surface area contributed by atoms with Crippen molar-refractivity contribution in [3.05, 3.63) is 0 Å². The van der Waals surface area contributed by atoms with Crippen molar-refractivity contribution < 1.29 is 14.3 Å². The largest absolute Gasteiger partial charge is 0.465 e. The van der Waals surface area contributed by atoms with Crippen LogP contribution in [-0.4, -0.2) is 31.0 Å². The lowest BCUT2D eigenvalue weighted by Crippen LogP contribution is -2.17. The van der Waals surface area contributed by atoms with Gasteiger partial charge in [0.15, 0.2) is 0 Å². The fourth-order valence-corrected chi connectivity index (χ4v) is 1.67. The van der Waals surface area contributed by atoms with E-state index in [0.29, 0.717) is 6.61 Å². The summed E-state index contributed by atoms with van der Waals surface area (Å²) < 4.78 is 10.4. The number of thiol groups is 1. The molecule has 0 aliphatic heterocycles. The fourth-order valence-electron chi connectivity index (χ4n) is 1.59. The maximum atomic E-state index is 11.3. The molecule has 0 aromatic carbocycles. The Kier molecular flexibility index (Phi) is 13.1. The summed E-state index contributed by atoms with van der Waals surface area (Å²) in [5.74, 6) is -0.183. The van der Waals surface area contributed by atoms with Gasteiger partial charge in [0.25, 0.3) is 0 Å². The molecule has 0 heterocycles. The van der Waals surface area contributed by atoms with E-state index < -0.39 is 0 Å². The Hall–Kier alpha value is -0.220. The van der Waals surface area contributed by atoms with Crippen molar-refractivity contribution in [2.45, 2.75) is 64.0 Å². The summed E-state index contributed by atoms with van der Waals surface area (Å²) in [6, 6.07) is 0. The van der Waals surface area contributed by atoms with Crippen LogP contribution < -0.4 is 0 Å². The molecule has 18 heavy (non-hydrogen) atoms. The van der Waals surface area contributed by atoms with Gasteiger partial charge < -0.3 is 9.47 Å². The lowest BCUT2D eigenvalue weighted by molar-refractivity contribution is -0.143. The molecule has 0 amide bonds. The highest BCUT2D eigenvalue weighted by Gasteiger charge is 2.11. The SMILES string of the molecule is CCOCCCCCCCCOC(=O)C(S)CC. The van der Waals surface area contributed by atoms with Gasteiger partial charge in [-0.2, -0.15) is 12.6 Å². The third kappa shape index (κ3) is 10.9. The first kappa shape index (κ1) is 17.8. The summed E-state index contributed by atoms with van der Waals surface area (Å²) in [6.07, 6.45) is 7.65. The highest BCUT2D eigenvalue weighted by Crippen LogP contribution is 2.07. The van der Waals surface area contributed by atoms with Gasteiger partial charge in [0.05, 0.1) is 11.9 Å². The zero-order chi connectivity index (χ0) is 13.6. The minimum Gasteiger partial charge on any atom is -0.465 e. The first-order valence-corrected chi connectivity index (χ1v) is 7.66. The Morgan fingerprint density at radius 2 is 1.56 bits per heavy atom. The van der Waals surface area contributed by atoms with Gasteiger partial charge in [0.1, 0.15) is 0 Å². The van der Waals surface area contributed by atoms with E-state index in [1.165, 1.54) is 19.3 Å². The summed E-state index contributed by atoms with van der Waals surface area (Å²) in [7, 11) is 0. The quantitative estimate of drug-likeness (QED) is 0.336. The second-order valence-corrected chi connectivity index (χ2v) is 5.03. The lowest BCUT2D eigenvalue weighted by atomic mass is 10.1. The van der Waals surface area contributed by atoms with Gasteiger partial charge >= 0.3 is 5.97 Å². The number of rotatable bonds is 12. The molecule has 0 aliphatic carbocycles. The molecule has 0 aromatic heterocycles. The topological polar surface area (TPSA) is 35.5 Å². The van der Waals surface area contributed by atoms with Crippen LogP contribution in [0.2, 0.25) is 0 Å². The van der Waals surface area contributed by atoms with E-state index in [2.05, 4.69) is 12.6 Å². The third-order valence-corrected chi connectivity index (χ3v) is 3.37. The third-order valence-electron chi connectivity index (χ3n) is 2.79. The van der Waals surface area contributed by atoms with Crippen LogP contribution in [0, 0.1) is 0 Å². The first-order valence-electron chi connectivity index (χ1n) is 7.14. The van der Waals surface area contributed by atoms with Crippen molar-refractivity contribution in [2.75, 3.05) is 19.8 Å². The minimum absolute atomic E-state index is 0.183. The van der Waals surface area contributed by atoms with E-state index >= 15 is 0 Å². The van der Waals surface area contributed by atoms with Gasteiger partial charge in [0, 0.05) is 13.2 Å². The van der Waals surface area contributed by atoms with E-state index in [-0.39, 0.29) is 11.2 Å². The molecule has 108 valence electrons. The molecule has 0 bridgehead atoms. The van der Waals surface area contributed by atoms with Gasteiger partial charge in [-0.1, -0.05) is 32.6 Å². The van der Waals surface area contributed by atoms with Crippen LogP contribution in [0.1, 0.15) is 58.8 Å². The molecule has 0 radical (unpaired) electrons. The lowest BCUT2D eigenvalue weighted by Gasteiger charge is -2.08. The van der Waals surface area contributed by atoms with Crippen LogP contribution >= 0.6 is 12.6 Å². The monoisotopic (exact) mass is 276 g/mol. The highest BCUT2D eigenvalue weighted by molar-refractivity contribution is 7.81. The van der Waals surface area contributed by atoms with Crippen molar-refractivity contribution in [1.82, 2.24) is 0 Å². The van der Waals surface area contributed by atoms with E-state index in [0.717, 1.165) is 38.9 Å². The first-order chi connectivity index (χ1) is 8.72. The van der Waals surface area contributed by atoms with Crippen molar-refractivity contribution in [3.8, 4) is 0 Å². The second-order valence-electron chi connectivity index (χ2n) is 4.41. The van der Waals surface area contributed by atoms with E-state index in [1.807, 2.05) is 13.8 Å². The Morgan fingerprint density at radius 3 is 2.11 bits per heavy atom. The molecule has 1 atom stereocenters. The number of esters is 1. The average Bonchev–Trinajstić information content (AvgIpc) is 2.39. The van der Waals surface area contributed by atoms with Gasteiger partial charge in [-0.25, -0.2) is 0 Å². The maximum Gasteiger partial charge on any atom is 0.318 e. The number of hydrogen-bond acceptors (Lipinski definition) is 4. The average molecular weight is 276 g/mol. The van der Waals surface area contributed by atoms with Crippen LogP contribution in [0.15, 0.2) is 0 Å². The van der Waals surface area contributed by atoms with Gasteiger partial charge in [-0.05, 0) is 26.2 Å². The molecule has 0 saturated heterocycles. The predicted molar refractivity (Wildman–Crippen MR) is 78.2 cm³/mol. The van der Waals surface area contributed by atoms with Crippen molar-refractivity contribution >= 4 is 18.6 Å². The van der Waals surface area contributed by atoms with Crippen LogP contribution in [0.5, 0.6) is 0 Å². The van der Waals surface area contributed by atoms with Crippen molar-refractivity contribution in [3.63, 3.8) is 0 Å². The zero-order valence-electron chi connectivity index (χ0n) is 11.8. The standard InChI is InChI=1S/C14H28O3S/c1-3-13(18)14(15)17-12-10-8-6-5-7-9-11-16-4-2/h13,18H,3-12H2,1-2H3. The number of hydrogen-bond donors (Lipinski definition) is 1. The van der Waals surface area contributed by atoms with E-state index in [9.17, 15) is 4.79 Å². The maximum absolute atomic E-state index is 11.3. The normalized spacial score (nSPS) is 12.4. The molecule has 0 aromatic rings. The Morgan fingerprint density at radius 1 is 1.00 bits per heavy atom. The van der Waals surface area contributed by atoms with E-state index in [4.69, 9.17) is 9.47 Å². The minimum atomic E-state index is -0.261. The van der Waals surface area contributed by atoms with Gasteiger partial charge in [-0.3, -0.25) is 4.79 Å². The van der Waals surface area contributed by atoms with E-state index in [1.54, 1.807) is 0 Å².